The maximum absolute atomic E-state index is 14.4. The maximum atomic E-state index is 14.4. The summed E-state index contributed by atoms with van der Waals surface area (Å²) in [5, 5.41) is -3.66. The van der Waals surface area contributed by atoms with Crippen LogP contribution < -0.4 is 0 Å². The molecule has 0 heterocycles. The van der Waals surface area contributed by atoms with E-state index in [-0.39, 0.29) is 17.8 Å². The molecule has 2 aliphatic rings. The van der Waals surface area contributed by atoms with Crippen LogP contribution in [-0.2, 0) is 9.84 Å². The Balaban J connectivity index is 2.07. The Bertz CT molecular complexity index is 601. The number of hydrogen-bond acceptors (Lipinski definition) is 2. The van der Waals surface area contributed by atoms with Crippen molar-refractivity contribution in [1.82, 2.24) is 0 Å². The second kappa shape index (κ2) is 6.37. The van der Waals surface area contributed by atoms with Crippen LogP contribution in [0.4, 0.5) is 8.78 Å². The predicted molar refractivity (Wildman–Crippen MR) is 94.8 cm³/mol. The zero-order chi connectivity index (χ0) is 18.4. The van der Waals surface area contributed by atoms with Crippen molar-refractivity contribution < 1.29 is 17.2 Å². The van der Waals surface area contributed by atoms with E-state index in [4.69, 9.17) is 0 Å². The summed E-state index contributed by atoms with van der Waals surface area (Å²) in [7, 11) is -4.49. The molecule has 5 heteroatoms. The molecule has 0 saturated heterocycles. The highest BCUT2D eigenvalue weighted by atomic mass is 32.2. The summed E-state index contributed by atoms with van der Waals surface area (Å²) in [5.74, 6) is 0.654. The lowest BCUT2D eigenvalue weighted by atomic mass is 9.64. The third kappa shape index (κ3) is 3.30. The molecule has 1 fully saturated rings. The quantitative estimate of drug-likeness (QED) is 0.585. The van der Waals surface area contributed by atoms with E-state index in [1.54, 1.807) is 0 Å². The third-order valence-electron chi connectivity index (χ3n) is 6.28. The van der Waals surface area contributed by atoms with Crippen molar-refractivity contribution >= 4 is 9.84 Å². The van der Waals surface area contributed by atoms with Crippen molar-refractivity contribution in [3.8, 4) is 0 Å². The van der Waals surface area contributed by atoms with Gasteiger partial charge in [-0.25, -0.2) is 8.42 Å². The van der Waals surface area contributed by atoms with Crippen molar-refractivity contribution in [3.63, 3.8) is 0 Å². The third-order valence-corrected chi connectivity index (χ3v) is 8.88. The van der Waals surface area contributed by atoms with Gasteiger partial charge < -0.3 is 0 Å². The Morgan fingerprint density at radius 3 is 2.50 bits per heavy atom. The van der Waals surface area contributed by atoms with Crippen LogP contribution in [0.25, 0.3) is 0 Å². The van der Waals surface area contributed by atoms with E-state index in [0.717, 1.165) is 12.8 Å². The van der Waals surface area contributed by atoms with E-state index in [1.165, 1.54) is 45.6 Å². The fourth-order valence-electron chi connectivity index (χ4n) is 4.55. The first kappa shape index (κ1) is 19.9. The van der Waals surface area contributed by atoms with Gasteiger partial charge in [0.05, 0.1) is 4.75 Å². The first-order chi connectivity index (χ1) is 10.8. The van der Waals surface area contributed by atoms with Crippen LogP contribution in [0.1, 0.15) is 79.6 Å². The Kier molecular flexibility index (Phi) is 5.27. The Morgan fingerprint density at radius 1 is 1.29 bits per heavy atom. The van der Waals surface area contributed by atoms with Crippen molar-refractivity contribution in [2.24, 2.45) is 17.3 Å². The molecule has 2 nitrogen and oxygen atoms in total. The normalized spacial score (nSPS) is 30.0. The highest BCUT2D eigenvalue weighted by Crippen LogP contribution is 2.55. The molecule has 1 unspecified atom stereocenters. The maximum Gasteiger partial charge on any atom is 0.346 e. The fourth-order valence-corrected chi connectivity index (χ4v) is 5.83. The first-order valence-corrected chi connectivity index (χ1v) is 10.6. The summed E-state index contributed by atoms with van der Waals surface area (Å²) < 4.78 is 51.6. The monoisotopic (exact) mass is 362 g/mol. The molecule has 0 bridgehead atoms. The zero-order valence-corrected chi connectivity index (χ0v) is 16.5. The van der Waals surface area contributed by atoms with Crippen LogP contribution in [0.5, 0.6) is 0 Å². The minimum Gasteiger partial charge on any atom is -0.222 e. The van der Waals surface area contributed by atoms with Crippen LogP contribution in [-0.4, -0.2) is 18.4 Å². The number of sulfone groups is 1. The molecule has 0 spiro atoms. The minimum absolute atomic E-state index is 0.0131. The van der Waals surface area contributed by atoms with Gasteiger partial charge in [-0.2, -0.15) is 8.78 Å². The van der Waals surface area contributed by atoms with Gasteiger partial charge in [-0.1, -0.05) is 38.3 Å². The molecule has 1 saturated carbocycles. The summed E-state index contributed by atoms with van der Waals surface area (Å²) in [6.45, 7) is 8.27. The van der Waals surface area contributed by atoms with Gasteiger partial charge in [0.2, 0.25) is 9.84 Å². The Labute approximate surface area is 146 Å². The standard InChI is InChI=1S/C19H32F2O2S/c1-14(11-13-19(20,21)24(22,23)17(2,3)4)16-10-9-15-8-6-7-12-18(15,16)5/h10,14-15H,6-9,11-13H2,1-5H3/t14-,15?,18+/m1/s1. The largest absolute Gasteiger partial charge is 0.346 e. The van der Waals surface area contributed by atoms with Crippen LogP contribution >= 0.6 is 0 Å². The lowest BCUT2D eigenvalue weighted by Gasteiger charge is -2.41. The molecule has 3 atom stereocenters. The van der Waals surface area contributed by atoms with E-state index in [2.05, 4.69) is 13.0 Å². The predicted octanol–water partition coefficient (Wildman–Crippen LogP) is 5.74. The summed E-state index contributed by atoms with van der Waals surface area (Å²) in [5.41, 5.74) is 1.42. The van der Waals surface area contributed by atoms with Gasteiger partial charge >= 0.3 is 5.25 Å². The van der Waals surface area contributed by atoms with Gasteiger partial charge in [0.15, 0.2) is 0 Å². The van der Waals surface area contributed by atoms with E-state index < -0.39 is 26.3 Å². The number of hydrogen-bond donors (Lipinski definition) is 0. The highest BCUT2D eigenvalue weighted by Gasteiger charge is 2.52. The number of alkyl halides is 2. The van der Waals surface area contributed by atoms with Crippen molar-refractivity contribution in [2.75, 3.05) is 0 Å². The van der Waals surface area contributed by atoms with Gasteiger partial charge in [0.1, 0.15) is 0 Å². The van der Waals surface area contributed by atoms with E-state index in [1.807, 2.05) is 6.92 Å². The van der Waals surface area contributed by atoms with E-state index >= 15 is 0 Å². The lowest BCUT2D eigenvalue weighted by Crippen LogP contribution is -2.42. The second-order valence-electron chi connectivity index (χ2n) is 8.95. The first-order valence-electron chi connectivity index (χ1n) is 9.15. The van der Waals surface area contributed by atoms with Gasteiger partial charge in [0, 0.05) is 6.42 Å². The van der Waals surface area contributed by atoms with Gasteiger partial charge in [-0.05, 0) is 63.7 Å². The summed E-state index contributed by atoms with van der Waals surface area (Å²) in [6.07, 6.45) is 7.73. The molecule has 140 valence electrons. The molecule has 0 aromatic heterocycles. The lowest BCUT2D eigenvalue weighted by molar-refractivity contribution is 0.0717. The molecule has 0 amide bonds. The SMILES string of the molecule is C[C@H](CCC(F)(F)S(=O)(=O)C(C)(C)C)C1=CCC2CCCC[C@]12C. The topological polar surface area (TPSA) is 34.1 Å². The average Bonchev–Trinajstić information content (AvgIpc) is 2.80. The molecule has 2 aliphatic carbocycles. The molecular weight excluding hydrogens is 330 g/mol. The summed E-state index contributed by atoms with van der Waals surface area (Å²) in [6, 6.07) is 0. The van der Waals surface area contributed by atoms with Crippen LogP contribution in [0.3, 0.4) is 0 Å². The smallest absolute Gasteiger partial charge is 0.222 e. The number of allylic oxidation sites excluding steroid dienone is 2. The van der Waals surface area contributed by atoms with Crippen LogP contribution in [0, 0.1) is 17.3 Å². The molecule has 0 radical (unpaired) electrons. The van der Waals surface area contributed by atoms with Crippen molar-refractivity contribution in [1.29, 1.82) is 0 Å². The fraction of sp³-hybridized carbons (Fsp3) is 0.895. The van der Waals surface area contributed by atoms with Crippen molar-refractivity contribution in [3.05, 3.63) is 11.6 Å². The van der Waals surface area contributed by atoms with Gasteiger partial charge in [0.25, 0.3) is 0 Å². The van der Waals surface area contributed by atoms with Gasteiger partial charge in [-0.3, -0.25) is 0 Å². The van der Waals surface area contributed by atoms with Crippen LogP contribution in [0.2, 0.25) is 0 Å². The molecule has 24 heavy (non-hydrogen) atoms. The molecule has 0 N–H and O–H groups in total. The molecule has 0 aromatic rings. The molecule has 2 rings (SSSR count). The average molecular weight is 363 g/mol. The molecule has 0 aliphatic heterocycles. The Hall–Kier alpha value is -0.450. The van der Waals surface area contributed by atoms with Crippen LogP contribution in [0.15, 0.2) is 11.6 Å². The zero-order valence-electron chi connectivity index (χ0n) is 15.7. The number of rotatable bonds is 5. The molecule has 0 aromatic carbocycles. The van der Waals surface area contributed by atoms with Gasteiger partial charge in [-0.15, -0.1) is 0 Å². The minimum atomic E-state index is -4.49. The van der Waals surface area contributed by atoms with Crippen molar-refractivity contribution in [2.45, 2.75) is 89.6 Å². The molecular formula is C19H32F2O2S. The number of fused-ring (bicyclic) bond motifs is 1. The van der Waals surface area contributed by atoms with E-state index in [9.17, 15) is 17.2 Å². The summed E-state index contributed by atoms with van der Waals surface area (Å²) in [4.78, 5) is 0. The Morgan fingerprint density at radius 2 is 1.92 bits per heavy atom. The highest BCUT2D eigenvalue weighted by molar-refractivity contribution is 7.93. The van der Waals surface area contributed by atoms with E-state index in [0.29, 0.717) is 5.92 Å². The summed E-state index contributed by atoms with van der Waals surface area (Å²) >= 11 is 0. The number of halogens is 2. The second-order valence-corrected chi connectivity index (χ2v) is 11.8.